The van der Waals surface area contributed by atoms with E-state index in [1.807, 2.05) is 25.1 Å². The van der Waals surface area contributed by atoms with Crippen molar-refractivity contribution in [3.8, 4) is 0 Å². The lowest BCUT2D eigenvalue weighted by Gasteiger charge is -2.11. The summed E-state index contributed by atoms with van der Waals surface area (Å²) in [5.74, 6) is 0. The van der Waals surface area contributed by atoms with Crippen LogP contribution in [-0.2, 0) is 0 Å². The summed E-state index contributed by atoms with van der Waals surface area (Å²) >= 11 is 6.03. The molecule has 1 aromatic carbocycles. The molecule has 2 rings (SSSR count). The van der Waals surface area contributed by atoms with Crippen molar-refractivity contribution in [2.75, 3.05) is 18.4 Å². The van der Waals surface area contributed by atoms with Gasteiger partial charge in [0.1, 0.15) is 0 Å². The molecule has 3 N–H and O–H groups in total. The van der Waals surface area contributed by atoms with Crippen molar-refractivity contribution < 1.29 is 0 Å². The Labute approximate surface area is 106 Å². The van der Waals surface area contributed by atoms with Crippen molar-refractivity contribution in [1.29, 1.82) is 0 Å². The fourth-order valence-electron chi connectivity index (χ4n) is 1.93. The lowest BCUT2D eigenvalue weighted by molar-refractivity contribution is 0.875. The number of hydrogen-bond donors (Lipinski definition) is 2. The topological polar surface area (TPSA) is 50.9 Å². The van der Waals surface area contributed by atoms with Gasteiger partial charge in [-0.2, -0.15) is 0 Å². The largest absolute Gasteiger partial charge is 0.384 e. The number of nitrogens with one attached hydrogen (secondary N) is 1. The zero-order valence-electron chi connectivity index (χ0n) is 9.83. The third kappa shape index (κ3) is 2.68. The molecule has 0 spiro atoms. The van der Waals surface area contributed by atoms with E-state index in [4.69, 9.17) is 17.3 Å². The van der Waals surface area contributed by atoms with E-state index in [-0.39, 0.29) is 0 Å². The molecular weight excluding hydrogens is 234 g/mol. The molecule has 0 fully saturated rings. The van der Waals surface area contributed by atoms with Crippen molar-refractivity contribution in [2.45, 2.75) is 13.3 Å². The van der Waals surface area contributed by atoms with Gasteiger partial charge < -0.3 is 11.1 Å². The number of anilines is 1. The SMILES string of the molecule is Cc1cc(Cl)cc2nccc(NCCCN)c12. The van der Waals surface area contributed by atoms with Crippen LogP contribution in [0.1, 0.15) is 12.0 Å². The maximum absolute atomic E-state index is 6.03. The highest BCUT2D eigenvalue weighted by atomic mass is 35.5. The average molecular weight is 250 g/mol. The summed E-state index contributed by atoms with van der Waals surface area (Å²) in [6.45, 7) is 3.61. The molecule has 0 aliphatic carbocycles. The first kappa shape index (κ1) is 12.1. The van der Waals surface area contributed by atoms with E-state index in [0.717, 1.165) is 40.1 Å². The third-order valence-corrected chi connectivity index (χ3v) is 2.92. The average Bonchev–Trinajstić information content (AvgIpc) is 2.28. The van der Waals surface area contributed by atoms with Gasteiger partial charge >= 0.3 is 0 Å². The first-order valence-electron chi connectivity index (χ1n) is 5.71. The highest BCUT2D eigenvalue weighted by Gasteiger charge is 2.05. The Morgan fingerprint density at radius 1 is 1.41 bits per heavy atom. The summed E-state index contributed by atoms with van der Waals surface area (Å²) in [5, 5.41) is 5.24. The van der Waals surface area contributed by atoms with Crippen LogP contribution >= 0.6 is 11.6 Å². The number of rotatable bonds is 4. The molecule has 0 bridgehead atoms. The highest BCUT2D eigenvalue weighted by molar-refractivity contribution is 6.31. The van der Waals surface area contributed by atoms with Crippen LogP contribution in [0.4, 0.5) is 5.69 Å². The smallest absolute Gasteiger partial charge is 0.0740 e. The molecule has 90 valence electrons. The second kappa shape index (κ2) is 5.34. The van der Waals surface area contributed by atoms with E-state index in [0.29, 0.717) is 6.54 Å². The Bertz CT molecular complexity index is 525. The number of fused-ring (bicyclic) bond motifs is 1. The van der Waals surface area contributed by atoms with Crippen molar-refractivity contribution in [3.05, 3.63) is 35.0 Å². The van der Waals surface area contributed by atoms with Crippen molar-refractivity contribution >= 4 is 28.2 Å². The van der Waals surface area contributed by atoms with E-state index in [1.165, 1.54) is 0 Å². The monoisotopic (exact) mass is 249 g/mol. The van der Waals surface area contributed by atoms with Crippen molar-refractivity contribution in [3.63, 3.8) is 0 Å². The molecular formula is C13H16ClN3. The zero-order chi connectivity index (χ0) is 12.3. The minimum atomic E-state index is 0.695. The van der Waals surface area contributed by atoms with Gasteiger partial charge in [-0.15, -0.1) is 0 Å². The van der Waals surface area contributed by atoms with E-state index in [1.54, 1.807) is 6.20 Å². The summed E-state index contributed by atoms with van der Waals surface area (Å²) in [4.78, 5) is 4.34. The summed E-state index contributed by atoms with van der Waals surface area (Å²) < 4.78 is 0. The lowest BCUT2D eigenvalue weighted by atomic mass is 10.1. The number of nitrogens with zero attached hydrogens (tertiary/aromatic N) is 1. The van der Waals surface area contributed by atoms with E-state index < -0.39 is 0 Å². The predicted octanol–water partition coefficient (Wildman–Crippen LogP) is 2.96. The second-order valence-corrected chi connectivity index (χ2v) is 4.48. The molecule has 0 saturated carbocycles. The summed E-state index contributed by atoms with van der Waals surface area (Å²) in [6, 6.07) is 5.83. The molecule has 0 atom stereocenters. The van der Waals surface area contributed by atoms with Gasteiger partial charge in [0.05, 0.1) is 5.52 Å². The number of halogens is 1. The molecule has 4 heteroatoms. The summed E-state index contributed by atoms with van der Waals surface area (Å²) in [7, 11) is 0. The number of nitrogens with two attached hydrogens (primary N) is 1. The number of pyridine rings is 1. The molecule has 1 heterocycles. The van der Waals surface area contributed by atoms with Crippen molar-refractivity contribution in [2.24, 2.45) is 5.73 Å². The zero-order valence-corrected chi connectivity index (χ0v) is 10.6. The molecule has 0 aliphatic heterocycles. The van der Waals surface area contributed by atoms with E-state index in [9.17, 15) is 0 Å². The van der Waals surface area contributed by atoms with Gasteiger partial charge in [0.15, 0.2) is 0 Å². The molecule has 0 unspecified atom stereocenters. The van der Waals surface area contributed by atoms with Crippen LogP contribution in [0.25, 0.3) is 10.9 Å². The quantitative estimate of drug-likeness (QED) is 0.820. The van der Waals surface area contributed by atoms with Gasteiger partial charge in [-0.25, -0.2) is 0 Å². The molecule has 3 nitrogen and oxygen atoms in total. The minimum Gasteiger partial charge on any atom is -0.384 e. The number of benzene rings is 1. The maximum atomic E-state index is 6.03. The predicted molar refractivity (Wildman–Crippen MR) is 73.7 cm³/mol. The third-order valence-electron chi connectivity index (χ3n) is 2.70. The Morgan fingerprint density at radius 3 is 3.00 bits per heavy atom. The van der Waals surface area contributed by atoms with Crippen molar-refractivity contribution in [1.82, 2.24) is 4.98 Å². The van der Waals surface area contributed by atoms with Crippen LogP contribution in [0.5, 0.6) is 0 Å². The van der Waals surface area contributed by atoms with E-state index >= 15 is 0 Å². The van der Waals surface area contributed by atoms with Crippen LogP contribution in [0.3, 0.4) is 0 Å². The Kier molecular flexibility index (Phi) is 3.82. The number of aryl methyl sites for hydroxylation is 1. The van der Waals surface area contributed by atoms with Gasteiger partial charge in [0.25, 0.3) is 0 Å². The highest BCUT2D eigenvalue weighted by Crippen LogP contribution is 2.28. The van der Waals surface area contributed by atoms with Gasteiger partial charge in [-0.1, -0.05) is 11.6 Å². The maximum Gasteiger partial charge on any atom is 0.0740 e. The van der Waals surface area contributed by atoms with Gasteiger partial charge in [-0.05, 0) is 43.7 Å². The van der Waals surface area contributed by atoms with Gasteiger partial charge in [-0.3, -0.25) is 4.98 Å². The lowest BCUT2D eigenvalue weighted by Crippen LogP contribution is -2.08. The molecule has 0 saturated heterocycles. The van der Waals surface area contributed by atoms with Crippen LogP contribution in [-0.4, -0.2) is 18.1 Å². The molecule has 0 radical (unpaired) electrons. The van der Waals surface area contributed by atoms with Crippen LogP contribution in [0, 0.1) is 6.92 Å². The fourth-order valence-corrected chi connectivity index (χ4v) is 2.19. The van der Waals surface area contributed by atoms with Crippen LogP contribution < -0.4 is 11.1 Å². The first-order valence-corrected chi connectivity index (χ1v) is 6.09. The fraction of sp³-hybridized carbons (Fsp3) is 0.308. The second-order valence-electron chi connectivity index (χ2n) is 4.04. The summed E-state index contributed by atoms with van der Waals surface area (Å²) in [5.41, 5.74) is 8.64. The molecule has 0 amide bonds. The standard InChI is InChI=1S/C13H16ClN3/c1-9-7-10(14)8-12-13(9)11(3-6-17-12)16-5-2-4-15/h3,6-8H,2,4-5,15H2,1H3,(H,16,17). The Hall–Kier alpha value is -1.32. The first-order chi connectivity index (χ1) is 8.22. The normalized spacial score (nSPS) is 10.8. The molecule has 1 aromatic heterocycles. The Morgan fingerprint density at radius 2 is 2.24 bits per heavy atom. The molecule has 2 aromatic rings. The number of hydrogen-bond acceptors (Lipinski definition) is 3. The van der Waals surface area contributed by atoms with Crippen LogP contribution in [0.15, 0.2) is 24.4 Å². The molecule has 17 heavy (non-hydrogen) atoms. The van der Waals surface area contributed by atoms with Crippen LogP contribution in [0.2, 0.25) is 5.02 Å². The Balaban J connectivity index is 2.42. The molecule has 0 aliphatic rings. The summed E-state index contributed by atoms with van der Waals surface area (Å²) in [6.07, 6.45) is 2.75. The van der Waals surface area contributed by atoms with Gasteiger partial charge in [0, 0.05) is 28.8 Å². The van der Waals surface area contributed by atoms with E-state index in [2.05, 4.69) is 10.3 Å². The van der Waals surface area contributed by atoms with Gasteiger partial charge in [0.2, 0.25) is 0 Å². The number of aromatic nitrogens is 1. The minimum absolute atomic E-state index is 0.695.